The van der Waals surface area contributed by atoms with Gasteiger partial charge in [-0.05, 0) is 11.6 Å². The van der Waals surface area contributed by atoms with E-state index in [2.05, 4.69) is 20.9 Å². The maximum Gasteiger partial charge on any atom is 0.293 e. The molecular weight excluding hydrogens is 270 g/mol. The van der Waals surface area contributed by atoms with Crippen LogP contribution in [0.25, 0.3) is 10.9 Å². The van der Waals surface area contributed by atoms with E-state index in [4.69, 9.17) is 9.47 Å². The zero-order valence-corrected chi connectivity index (χ0v) is 11.7. The number of nitrogens with zero attached hydrogens (tertiary/aromatic N) is 3. The quantitative estimate of drug-likeness (QED) is 0.608. The molecule has 3 heterocycles. The van der Waals surface area contributed by atoms with Crippen molar-refractivity contribution >= 4 is 23.1 Å². The Balaban J connectivity index is 1.91. The van der Waals surface area contributed by atoms with Crippen molar-refractivity contribution in [1.82, 2.24) is 9.97 Å². The maximum absolute atomic E-state index is 10.2. The predicted octanol–water partition coefficient (Wildman–Crippen LogP) is 1.18. The van der Waals surface area contributed by atoms with Gasteiger partial charge in [0, 0.05) is 31.1 Å². The Morgan fingerprint density at radius 3 is 2.95 bits per heavy atom. The summed E-state index contributed by atoms with van der Waals surface area (Å²) in [7, 11) is 0. The van der Waals surface area contributed by atoms with Crippen molar-refractivity contribution < 1.29 is 14.3 Å². The van der Waals surface area contributed by atoms with Crippen molar-refractivity contribution in [3.05, 3.63) is 30.2 Å². The molecule has 0 unspecified atom stereocenters. The van der Waals surface area contributed by atoms with Crippen molar-refractivity contribution in [3.63, 3.8) is 0 Å². The van der Waals surface area contributed by atoms with Crippen LogP contribution in [0.1, 0.15) is 5.56 Å². The Morgan fingerprint density at radius 1 is 1.29 bits per heavy atom. The first-order valence-corrected chi connectivity index (χ1v) is 6.99. The molecule has 6 heteroatoms. The Morgan fingerprint density at radius 2 is 2.14 bits per heavy atom. The number of hydrogen-bond acceptors (Lipinski definition) is 6. The van der Waals surface area contributed by atoms with E-state index in [0.717, 1.165) is 48.5 Å². The van der Waals surface area contributed by atoms with Crippen molar-refractivity contribution in [3.8, 4) is 0 Å². The van der Waals surface area contributed by atoms with E-state index in [1.54, 1.807) is 12.4 Å². The normalized spacial score (nSPS) is 15.1. The van der Waals surface area contributed by atoms with Gasteiger partial charge in [0.05, 0.1) is 43.4 Å². The second-order valence-electron chi connectivity index (χ2n) is 4.89. The monoisotopic (exact) mass is 287 g/mol. The first kappa shape index (κ1) is 13.8. The number of rotatable bonds is 5. The van der Waals surface area contributed by atoms with E-state index in [0.29, 0.717) is 19.5 Å². The van der Waals surface area contributed by atoms with Gasteiger partial charge in [-0.3, -0.25) is 14.8 Å². The zero-order chi connectivity index (χ0) is 14.5. The van der Waals surface area contributed by atoms with Gasteiger partial charge in [-0.1, -0.05) is 0 Å². The smallest absolute Gasteiger partial charge is 0.293 e. The zero-order valence-electron chi connectivity index (χ0n) is 11.7. The van der Waals surface area contributed by atoms with Gasteiger partial charge in [0.1, 0.15) is 0 Å². The number of carbonyl (C=O) groups excluding carboxylic acids is 1. The molecule has 0 spiro atoms. The molecule has 6 nitrogen and oxygen atoms in total. The van der Waals surface area contributed by atoms with E-state index in [1.807, 2.05) is 6.20 Å². The highest BCUT2D eigenvalue weighted by molar-refractivity contribution is 5.91. The number of morpholine rings is 1. The lowest BCUT2D eigenvalue weighted by atomic mass is 10.1. The van der Waals surface area contributed by atoms with E-state index in [1.165, 1.54) is 0 Å². The molecule has 1 aliphatic heterocycles. The number of carbonyl (C=O) groups is 1. The highest BCUT2D eigenvalue weighted by atomic mass is 16.5. The molecule has 0 amide bonds. The van der Waals surface area contributed by atoms with Crippen LogP contribution in [0.4, 0.5) is 5.69 Å². The standard InChI is InChI=1S/C15H17N3O3/c19-11-21-4-1-12-7-13-14(17-8-12)9-16-10-15(13)18-2-5-20-6-3-18/h7-11H,1-6H2. The Kier molecular flexibility index (Phi) is 4.25. The highest BCUT2D eigenvalue weighted by Crippen LogP contribution is 2.26. The van der Waals surface area contributed by atoms with Crippen LogP contribution in [0.3, 0.4) is 0 Å². The van der Waals surface area contributed by atoms with Gasteiger partial charge in [-0.2, -0.15) is 0 Å². The molecule has 1 fully saturated rings. The number of fused-ring (bicyclic) bond motifs is 1. The van der Waals surface area contributed by atoms with Gasteiger partial charge in [-0.15, -0.1) is 0 Å². The molecule has 3 rings (SSSR count). The summed E-state index contributed by atoms with van der Waals surface area (Å²) in [6, 6.07) is 2.10. The summed E-state index contributed by atoms with van der Waals surface area (Å²) in [5, 5.41) is 1.08. The van der Waals surface area contributed by atoms with Crippen LogP contribution >= 0.6 is 0 Å². The summed E-state index contributed by atoms with van der Waals surface area (Å²) in [5.41, 5.74) is 3.01. The molecule has 110 valence electrons. The van der Waals surface area contributed by atoms with Gasteiger partial charge in [0.2, 0.25) is 0 Å². The Labute approximate surface area is 122 Å². The molecule has 21 heavy (non-hydrogen) atoms. The third-order valence-corrected chi connectivity index (χ3v) is 3.57. The lowest BCUT2D eigenvalue weighted by molar-refractivity contribution is -0.128. The maximum atomic E-state index is 10.2. The SMILES string of the molecule is O=COCCc1cnc2cncc(N3CCOCC3)c2c1. The van der Waals surface area contributed by atoms with Crippen LogP contribution in [0.15, 0.2) is 24.7 Å². The average molecular weight is 287 g/mol. The van der Waals surface area contributed by atoms with E-state index >= 15 is 0 Å². The van der Waals surface area contributed by atoms with Crippen molar-refractivity contribution in [2.45, 2.75) is 6.42 Å². The summed E-state index contributed by atoms with van der Waals surface area (Å²) in [6.07, 6.45) is 6.11. The fourth-order valence-electron chi connectivity index (χ4n) is 2.49. The molecule has 0 saturated carbocycles. The van der Waals surface area contributed by atoms with Gasteiger partial charge < -0.3 is 14.4 Å². The molecule has 0 bridgehead atoms. The predicted molar refractivity (Wildman–Crippen MR) is 78.3 cm³/mol. The molecule has 0 aromatic carbocycles. The van der Waals surface area contributed by atoms with Crippen LogP contribution in [0.5, 0.6) is 0 Å². The van der Waals surface area contributed by atoms with Crippen LogP contribution in [-0.2, 0) is 20.7 Å². The fraction of sp³-hybridized carbons (Fsp3) is 0.400. The minimum atomic E-state index is 0.370. The number of pyridine rings is 2. The molecule has 0 radical (unpaired) electrons. The number of hydrogen-bond donors (Lipinski definition) is 0. The summed E-state index contributed by atoms with van der Waals surface area (Å²) in [4.78, 5) is 21.2. The first-order valence-electron chi connectivity index (χ1n) is 6.99. The van der Waals surface area contributed by atoms with Crippen molar-refractivity contribution in [2.24, 2.45) is 0 Å². The topological polar surface area (TPSA) is 64.5 Å². The minimum Gasteiger partial charge on any atom is -0.468 e. The second kappa shape index (κ2) is 6.49. The van der Waals surface area contributed by atoms with Crippen molar-refractivity contribution in [1.29, 1.82) is 0 Å². The lowest BCUT2D eigenvalue weighted by Gasteiger charge is -2.29. The fourth-order valence-corrected chi connectivity index (χ4v) is 2.49. The number of anilines is 1. The third kappa shape index (κ3) is 3.11. The molecule has 0 aliphatic carbocycles. The van der Waals surface area contributed by atoms with Gasteiger partial charge >= 0.3 is 0 Å². The van der Waals surface area contributed by atoms with Gasteiger partial charge in [0.15, 0.2) is 0 Å². The van der Waals surface area contributed by atoms with Crippen LogP contribution in [0.2, 0.25) is 0 Å². The first-order chi connectivity index (χ1) is 10.4. The average Bonchev–Trinajstić information content (AvgIpc) is 2.55. The summed E-state index contributed by atoms with van der Waals surface area (Å²) < 4.78 is 10.1. The van der Waals surface area contributed by atoms with Crippen LogP contribution < -0.4 is 4.90 Å². The highest BCUT2D eigenvalue weighted by Gasteiger charge is 2.15. The number of ether oxygens (including phenoxy) is 2. The third-order valence-electron chi connectivity index (χ3n) is 3.57. The van der Waals surface area contributed by atoms with Gasteiger partial charge in [0.25, 0.3) is 6.47 Å². The van der Waals surface area contributed by atoms with Crippen LogP contribution in [-0.4, -0.2) is 49.4 Å². The van der Waals surface area contributed by atoms with Gasteiger partial charge in [-0.25, -0.2) is 0 Å². The molecule has 2 aromatic rings. The van der Waals surface area contributed by atoms with Crippen LogP contribution in [0, 0.1) is 0 Å². The summed E-state index contributed by atoms with van der Waals surface area (Å²) in [6.45, 7) is 4.03. The molecular formula is C15H17N3O3. The molecule has 1 aliphatic rings. The molecule has 1 saturated heterocycles. The van der Waals surface area contributed by atoms with E-state index in [9.17, 15) is 4.79 Å². The lowest BCUT2D eigenvalue weighted by Crippen LogP contribution is -2.36. The molecule has 0 atom stereocenters. The Hall–Kier alpha value is -2.21. The largest absolute Gasteiger partial charge is 0.468 e. The van der Waals surface area contributed by atoms with Crippen molar-refractivity contribution in [2.75, 3.05) is 37.8 Å². The Bertz CT molecular complexity index is 627. The summed E-state index contributed by atoms with van der Waals surface area (Å²) in [5.74, 6) is 0. The summed E-state index contributed by atoms with van der Waals surface area (Å²) >= 11 is 0. The minimum absolute atomic E-state index is 0.370. The second-order valence-corrected chi connectivity index (χ2v) is 4.89. The molecule has 0 N–H and O–H groups in total. The van der Waals surface area contributed by atoms with E-state index in [-0.39, 0.29) is 0 Å². The number of aromatic nitrogens is 2. The van der Waals surface area contributed by atoms with E-state index < -0.39 is 0 Å². The molecule has 2 aromatic heterocycles.